The first-order valence-corrected chi connectivity index (χ1v) is 5.80. The lowest BCUT2D eigenvalue weighted by Crippen LogP contribution is -1.96. The highest BCUT2D eigenvalue weighted by atomic mass is 79.9. The number of furan rings is 1. The summed E-state index contributed by atoms with van der Waals surface area (Å²) in [5.41, 5.74) is 1.53. The van der Waals surface area contributed by atoms with E-state index in [9.17, 15) is 9.90 Å². The van der Waals surface area contributed by atoms with Crippen LogP contribution in [0.2, 0.25) is 0 Å². The second kappa shape index (κ2) is 3.60. The average molecular weight is 291 g/mol. The molecule has 84 valence electrons. The number of halogens is 1. The van der Waals surface area contributed by atoms with Gasteiger partial charge in [0.25, 0.3) is 0 Å². The zero-order valence-corrected chi connectivity index (χ0v) is 10.2. The molecule has 1 N–H and O–H groups in total. The van der Waals surface area contributed by atoms with E-state index >= 15 is 0 Å². The Morgan fingerprint density at radius 2 is 1.94 bits per heavy atom. The number of rotatable bonds is 1. The van der Waals surface area contributed by atoms with Crippen molar-refractivity contribution >= 4 is 43.8 Å². The minimum Gasteiger partial charge on any atom is -0.478 e. The minimum absolute atomic E-state index is 0.249. The van der Waals surface area contributed by atoms with Crippen LogP contribution in [0.5, 0.6) is 0 Å². The van der Waals surface area contributed by atoms with E-state index in [1.54, 1.807) is 12.1 Å². The molecule has 0 amide bonds. The molecule has 0 aliphatic carbocycles. The van der Waals surface area contributed by atoms with Crippen molar-refractivity contribution in [2.45, 2.75) is 0 Å². The fourth-order valence-electron chi connectivity index (χ4n) is 1.99. The van der Waals surface area contributed by atoms with Crippen LogP contribution >= 0.6 is 15.9 Å². The molecule has 0 bridgehead atoms. The molecule has 3 rings (SSSR count). The van der Waals surface area contributed by atoms with Crippen LogP contribution in [0.25, 0.3) is 21.9 Å². The molecule has 0 saturated heterocycles. The van der Waals surface area contributed by atoms with Gasteiger partial charge in [-0.2, -0.15) is 0 Å². The van der Waals surface area contributed by atoms with Crippen molar-refractivity contribution in [3.05, 3.63) is 46.4 Å². The second-order valence-corrected chi connectivity index (χ2v) is 4.65. The van der Waals surface area contributed by atoms with Gasteiger partial charge in [-0.15, -0.1) is 0 Å². The number of benzene rings is 2. The SMILES string of the molecule is O=C(O)c1cc(Br)cc2oc3ccccc3c12. The highest BCUT2D eigenvalue weighted by Gasteiger charge is 2.16. The van der Waals surface area contributed by atoms with Crippen LogP contribution in [-0.2, 0) is 0 Å². The van der Waals surface area contributed by atoms with Crippen molar-refractivity contribution in [3.63, 3.8) is 0 Å². The lowest BCUT2D eigenvalue weighted by molar-refractivity contribution is 0.0699. The molecule has 0 unspecified atom stereocenters. The van der Waals surface area contributed by atoms with Crippen molar-refractivity contribution in [2.24, 2.45) is 0 Å². The molecule has 0 saturated carbocycles. The fraction of sp³-hybridized carbons (Fsp3) is 0. The first-order chi connectivity index (χ1) is 8.16. The number of hydrogen-bond donors (Lipinski definition) is 1. The van der Waals surface area contributed by atoms with Crippen molar-refractivity contribution in [1.82, 2.24) is 0 Å². The van der Waals surface area contributed by atoms with Crippen LogP contribution in [0.1, 0.15) is 10.4 Å². The zero-order valence-electron chi connectivity index (χ0n) is 8.61. The van der Waals surface area contributed by atoms with Gasteiger partial charge in [0.05, 0.1) is 5.56 Å². The van der Waals surface area contributed by atoms with Crippen molar-refractivity contribution in [1.29, 1.82) is 0 Å². The van der Waals surface area contributed by atoms with Gasteiger partial charge in [0.1, 0.15) is 11.2 Å². The van der Waals surface area contributed by atoms with Gasteiger partial charge in [-0.1, -0.05) is 34.1 Å². The summed E-state index contributed by atoms with van der Waals surface area (Å²) < 4.78 is 6.33. The fourth-order valence-corrected chi connectivity index (χ4v) is 2.43. The maximum atomic E-state index is 11.2. The largest absolute Gasteiger partial charge is 0.478 e. The van der Waals surface area contributed by atoms with Crippen LogP contribution in [0.15, 0.2) is 45.3 Å². The second-order valence-electron chi connectivity index (χ2n) is 3.73. The van der Waals surface area contributed by atoms with Crippen LogP contribution in [-0.4, -0.2) is 11.1 Å². The Kier molecular flexibility index (Phi) is 2.19. The number of carbonyl (C=O) groups is 1. The number of aromatic carboxylic acids is 1. The van der Waals surface area contributed by atoms with E-state index in [4.69, 9.17) is 4.42 Å². The third kappa shape index (κ3) is 1.52. The highest BCUT2D eigenvalue weighted by molar-refractivity contribution is 9.10. The number of fused-ring (bicyclic) bond motifs is 3. The Morgan fingerprint density at radius 1 is 1.18 bits per heavy atom. The Hall–Kier alpha value is -1.81. The number of carboxylic acids is 1. The van der Waals surface area contributed by atoms with Gasteiger partial charge in [-0.25, -0.2) is 4.79 Å². The third-order valence-electron chi connectivity index (χ3n) is 2.67. The van der Waals surface area contributed by atoms with Crippen molar-refractivity contribution < 1.29 is 14.3 Å². The molecule has 0 radical (unpaired) electrons. The summed E-state index contributed by atoms with van der Waals surface area (Å²) in [5, 5.41) is 10.7. The summed E-state index contributed by atoms with van der Waals surface area (Å²) in [5.74, 6) is -0.956. The van der Waals surface area contributed by atoms with Crippen LogP contribution in [0.4, 0.5) is 0 Å². The third-order valence-corrected chi connectivity index (χ3v) is 3.13. The molecule has 0 atom stereocenters. The molecule has 3 aromatic rings. The number of para-hydroxylation sites is 1. The summed E-state index contributed by atoms with van der Waals surface area (Å²) in [6.07, 6.45) is 0. The molecule has 0 spiro atoms. The Morgan fingerprint density at radius 3 is 2.71 bits per heavy atom. The molecule has 1 aromatic heterocycles. The topological polar surface area (TPSA) is 50.4 Å². The summed E-state index contributed by atoms with van der Waals surface area (Å²) in [7, 11) is 0. The smallest absolute Gasteiger partial charge is 0.336 e. The quantitative estimate of drug-likeness (QED) is 0.736. The molecule has 0 fully saturated rings. The van der Waals surface area contributed by atoms with E-state index in [1.807, 2.05) is 24.3 Å². The first-order valence-electron chi connectivity index (χ1n) is 5.01. The Bertz CT molecular complexity index is 743. The van der Waals surface area contributed by atoms with E-state index < -0.39 is 5.97 Å². The van der Waals surface area contributed by atoms with E-state index in [-0.39, 0.29) is 5.56 Å². The van der Waals surface area contributed by atoms with E-state index in [2.05, 4.69) is 15.9 Å². The maximum absolute atomic E-state index is 11.2. The van der Waals surface area contributed by atoms with Gasteiger partial charge < -0.3 is 9.52 Å². The van der Waals surface area contributed by atoms with Crippen molar-refractivity contribution in [3.8, 4) is 0 Å². The lowest BCUT2D eigenvalue weighted by Gasteiger charge is -1.98. The number of carboxylic acid groups (broad SMARTS) is 1. The molecule has 4 heteroatoms. The Balaban J connectivity index is 2.58. The van der Waals surface area contributed by atoms with Crippen LogP contribution < -0.4 is 0 Å². The van der Waals surface area contributed by atoms with E-state index in [1.165, 1.54) is 0 Å². The van der Waals surface area contributed by atoms with Crippen LogP contribution in [0.3, 0.4) is 0 Å². The molecule has 3 nitrogen and oxygen atoms in total. The standard InChI is InChI=1S/C13H7BrO3/c14-7-5-9(13(15)16)12-8-3-1-2-4-10(8)17-11(12)6-7/h1-6H,(H,15,16). The lowest BCUT2D eigenvalue weighted by atomic mass is 10.1. The summed E-state index contributed by atoms with van der Waals surface area (Å²) >= 11 is 3.29. The van der Waals surface area contributed by atoms with Gasteiger partial charge in [0, 0.05) is 15.2 Å². The highest BCUT2D eigenvalue weighted by Crippen LogP contribution is 2.33. The zero-order chi connectivity index (χ0) is 12.0. The molecular formula is C13H7BrO3. The summed E-state index contributed by atoms with van der Waals surface area (Å²) in [6, 6.07) is 10.8. The van der Waals surface area contributed by atoms with Gasteiger partial charge in [0.15, 0.2) is 0 Å². The van der Waals surface area contributed by atoms with Crippen LogP contribution in [0, 0.1) is 0 Å². The van der Waals surface area contributed by atoms with E-state index in [0.717, 1.165) is 5.39 Å². The van der Waals surface area contributed by atoms with Crippen molar-refractivity contribution in [2.75, 3.05) is 0 Å². The average Bonchev–Trinajstić information content (AvgIpc) is 2.65. The monoisotopic (exact) mass is 290 g/mol. The minimum atomic E-state index is -0.956. The number of hydrogen-bond acceptors (Lipinski definition) is 2. The van der Waals surface area contributed by atoms with Gasteiger partial charge in [0.2, 0.25) is 0 Å². The van der Waals surface area contributed by atoms with E-state index in [0.29, 0.717) is 21.0 Å². The molecule has 2 aromatic carbocycles. The normalized spacial score (nSPS) is 11.1. The van der Waals surface area contributed by atoms with Gasteiger partial charge in [-0.3, -0.25) is 0 Å². The van der Waals surface area contributed by atoms with Gasteiger partial charge >= 0.3 is 5.97 Å². The summed E-state index contributed by atoms with van der Waals surface area (Å²) in [4.78, 5) is 11.2. The molecule has 0 aliphatic rings. The maximum Gasteiger partial charge on any atom is 0.336 e. The Labute approximate surface area is 105 Å². The summed E-state index contributed by atoms with van der Waals surface area (Å²) in [6.45, 7) is 0. The first kappa shape index (κ1) is 10.4. The van der Waals surface area contributed by atoms with Gasteiger partial charge in [-0.05, 0) is 18.2 Å². The molecule has 1 heterocycles. The molecule has 0 aliphatic heterocycles. The predicted molar refractivity (Wildman–Crippen MR) is 68.4 cm³/mol. The molecule has 17 heavy (non-hydrogen) atoms. The molecular weight excluding hydrogens is 284 g/mol. The predicted octanol–water partition coefficient (Wildman–Crippen LogP) is 4.05.